The van der Waals surface area contributed by atoms with E-state index in [0.29, 0.717) is 28.6 Å². The second-order valence-corrected chi connectivity index (χ2v) is 5.90. The third-order valence-electron chi connectivity index (χ3n) is 3.72. The van der Waals surface area contributed by atoms with Crippen LogP contribution in [0.1, 0.15) is 12.6 Å². The number of benzene rings is 2. The molecule has 2 amide bonds. The third-order valence-corrected chi connectivity index (χ3v) is 3.72. The molecule has 2 aromatic carbocycles. The smallest absolute Gasteiger partial charge is 0.230 e. The lowest BCUT2D eigenvalue weighted by molar-refractivity contribution is -0.116. The highest BCUT2D eigenvalue weighted by atomic mass is 16.5. The van der Waals surface area contributed by atoms with Crippen molar-refractivity contribution in [3.05, 3.63) is 60.3 Å². The van der Waals surface area contributed by atoms with E-state index in [-0.39, 0.29) is 18.2 Å². The lowest BCUT2D eigenvalue weighted by Crippen LogP contribution is -2.15. The van der Waals surface area contributed by atoms with Crippen LogP contribution in [0.25, 0.3) is 11.3 Å². The average molecular weight is 365 g/mol. The summed E-state index contributed by atoms with van der Waals surface area (Å²) in [4.78, 5) is 23.4. The summed E-state index contributed by atoms with van der Waals surface area (Å²) in [6, 6.07) is 16.0. The number of carbonyl (C=O) groups excluding carboxylic acids is 2. The summed E-state index contributed by atoms with van der Waals surface area (Å²) in [7, 11) is 1.59. The zero-order chi connectivity index (χ0) is 19.2. The van der Waals surface area contributed by atoms with E-state index in [4.69, 9.17) is 9.26 Å². The predicted octanol–water partition coefficient (Wildman–Crippen LogP) is 3.49. The Bertz CT molecular complexity index is 965. The van der Waals surface area contributed by atoms with Gasteiger partial charge in [0.25, 0.3) is 0 Å². The van der Waals surface area contributed by atoms with Gasteiger partial charge < -0.3 is 19.9 Å². The molecule has 7 nitrogen and oxygen atoms in total. The molecule has 2 N–H and O–H groups in total. The van der Waals surface area contributed by atoms with Gasteiger partial charge in [-0.15, -0.1) is 0 Å². The molecule has 3 rings (SSSR count). The molecule has 0 radical (unpaired) electrons. The Morgan fingerprint density at radius 2 is 1.78 bits per heavy atom. The van der Waals surface area contributed by atoms with E-state index in [9.17, 15) is 9.59 Å². The van der Waals surface area contributed by atoms with Gasteiger partial charge in [0.05, 0.1) is 19.2 Å². The minimum atomic E-state index is -0.236. The third kappa shape index (κ3) is 4.94. The fraction of sp³-hybridized carbons (Fsp3) is 0.150. The van der Waals surface area contributed by atoms with Gasteiger partial charge in [-0.05, 0) is 30.3 Å². The van der Waals surface area contributed by atoms with Gasteiger partial charge in [-0.2, -0.15) is 0 Å². The standard InChI is InChI=1S/C20H19N3O4/c1-13(24)21-15-6-4-7-16(10-15)22-20(25)12-17-11-19(27-23-17)14-5-3-8-18(9-14)26-2/h3-11H,12H2,1-2H3,(H,21,24)(H,22,25). The number of nitrogens with one attached hydrogen (secondary N) is 2. The van der Waals surface area contributed by atoms with E-state index in [1.54, 1.807) is 37.4 Å². The second-order valence-electron chi connectivity index (χ2n) is 5.90. The van der Waals surface area contributed by atoms with Crippen molar-refractivity contribution in [2.75, 3.05) is 17.7 Å². The monoisotopic (exact) mass is 365 g/mol. The maximum atomic E-state index is 12.3. The second kappa shape index (κ2) is 8.18. The van der Waals surface area contributed by atoms with Crippen molar-refractivity contribution in [2.45, 2.75) is 13.3 Å². The molecule has 27 heavy (non-hydrogen) atoms. The van der Waals surface area contributed by atoms with Crippen LogP contribution in [0.4, 0.5) is 11.4 Å². The van der Waals surface area contributed by atoms with Gasteiger partial charge in [-0.1, -0.05) is 23.4 Å². The summed E-state index contributed by atoms with van der Waals surface area (Å²) in [6.45, 7) is 1.43. The summed E-state index contributed by atoms with van der Waals surface area (Å²) in [5.74, 6) is 0.859. The summed E-state index contributed by atoms with van der Waals surface area (Å²) < 4.78 is 10.5. The van der Waals surface area contributed by atoms with Crippen molar-refractivity contribution in [3.63, 3.8) is 0 Å². The Hall–Kier alpha value is -3.61. The first-order valence-electron chi connectivity index (χ1n) is 8.31. The molecular weight excluding hydrogens is 346 g/mol. The van der Waals surface area contributed by atoms with Crippen LogP contribution in [0.2, 0.25) is 0 Å². The highest BCUT2D eigenvalue weighted by Crippen LogP contribution is 2.24. The summed E-state index contributed by atoms with van der Waals surface area (Å²) in [5, 5.41) is 9.40. The van der Waals surface area contributed by atoms with Crippen molar-refractivity contribution in [1.29, 1.82) is 0 Å². The van der Waals surface area contributed by atoms with Gasteiger partial charge in [0.15, 0.2) is 5.76 Å². The first-order valence-corrected chi connectivity index (χ1v) is 8.31. The van der Waals surface area contributed by atoms with Crippen LogP contribution in [0.5, 0.6) is 5.75 Å². The molecule has 3 aromatic rings. The predicted molar refractivity (Wildman–Crippen MR) is 102 cm³/mol. The average Bonchev–Trinajstić information content (AvgIpc) is 3.10. The molecule has 0 aliphatic rings. The van der Waals surface area contributed by atoms with Gasteiger partial charge in [0.2, 0.25) is 11.8 Å². The molecule has 0 aliphatic carbocycles. The highest BCUT2D eigenvalue weighted by molar-refractivity contribution is 5.94. The van der Waals surface area contributed by atoms with Crippen LogP contribution in [0.3, 0.4) is 0 Å². The number of hydrogen-bond acceptors (Lipinski definition) is 5. The van der Waals surface area contributed by atoms with Crippen molar-refractivity contribution in [1.82, 2.24) is 5.16 Å². The SMILES string of the molecule is COc1cccc(-c2cc(CC(=O)Nc3cccc(NC(C)=O)c3)no2)c1. The van der Waals surface area contributed by atoms with Crippen molar-refractivity contribution in [3.8, 4) is 17.1 Å². The summed E-state index contributed by atoms with van der Waals surface area (Å²) in [5.41, 5.74) is 2.53. The normalized spacial score (nSPS) is 10.3. The Kier molecular flexibility index (Phi) is 5.51. The maximum absolute atomic E-state index is 12.3. The number of hydrogen-bond donors (Lipinski definition) is 2. The van der Waals surface area contributed by atoms with E-state index >= 15 is 0 Å². The lowest BCUT2D eigenvalue weighted by atomic mass is 10.1. The molecule has 0 saturated heterocycles. The van der Waals surface area contributed by atoms with Gasteiger partial charge in [-0.3, -0.25) is 9.59 Å². The Labute approximate surface area is 156 Å². The van der Waals surface area contributed by atoms with Crippen LogP contribution in [0, 0.1) is 0 Å². The quantitative estimate of drug-likeness (QED) is 0.697. The van der Waals surface area contributed by atoms with Crippen LogP contribution >= 0.6 is 0 Å². The van der Waals surface area contributed by atoms with E-state index in [1.165, 1.54) is 6.92 Å². The molecule has 1 aromatic heterocycles. The van der Waals surface area contributed by atoms with Gasteiger partial charge >= 0.3 is 0 Å². The molecule has 0 fully saturated rings. The minimum absolute atomic E-state index is 0.0673. The number of methoxy groups -OCH3 is 1. The van der Waals surface area contributed by atoms with E-state index < -0.39 is 0 Å². The molecule has 0 spiro atoms. The molecular formula is C20H19N3O4. The number of rotatable bonds is 6. The minimum Gasteiger partial charge on any atom is -0.497 e. The number of nitrogens with zero attached hydrogens (tertiary/aromatic N) is 1. The van der Waals surface area contributed by atoms with Crippen LogP contribution < -0.4 is 15.4 Å². The lowest BCUT2D eigenvalue weighted by Gasteiger charge is -2.07. The fourth-order valence-electron chi connectivity index (χ4n) is 2.56. The highest BCUT2D eigenvalue weighted by Gasteiger charge is 2.12. The molecule has 138 valence electrons. The van der Waals surface area contributed by atoms with Crippen molar-refractivity contribution < 1.29 is 18.8 Å². The van der Waals surface area contributed by atoms with Gasteiger partial charge in [0.1, 0.15) is 5.75 Å². The van der Waals surface area contributed by atoms with Crippen LogP contribution in [0.15, 0.2) is 59.1 Å². The van der Waals surface area contributed by atoms with Crippen LogP contribution in [-0.4, -0.2) is 24.1 Å². The largest absolute Gasteiger partial charge is 0.497 e. The molecule has 0 saturated carbocycles. The molecule has 0 aliphatic heterocycles. The summed E-state index contributed by atoms with van der Waals surface area (Å²) >= 11 is 0. The zero-order valence-electron chi connectivity index (χ0n) is 15.0. The van der Waals surface area contributed by atoms with E-state index in [2.05, 4.69) is 15.8 Å². The topological polar surface area (TPSA) is 93.5 Å². The number of ether oxygens (including phenoxy) is 1. The Balaban J connectivity index is 1.65. The number of amides is 2. The molecule has 0 bridgehead atoms. The van der Waals surface area contributed by atoms with Crippen LogP contribution in [-0.2, 0) is 16.0 Å². The first kappa shape index (κ1) is 18.2. The first-order chi connectivity index (χ1) is 13.0. The molecule has 7 heteroatoms. The van der Waals surface area contributed by atoms with Crippen molar-refractivity contribution in [2.24, 2.45) is 0 Å². The summed E-state index contributed by atoms with van der Waals surface area (Å²) in [6.07, 6.45) is 0.0673. The van der Waals surface area contributed by atoms with E-state index in [0.717, 1.165) is 5.56 Å². The maximum Gasteiger partial charge on any atom is 0.230 e. The number of aromatic nitrogens is 1. The molecule has 1 heterocycles. The zero-order valence-corrected chi connectivity index (χ0v) is 15.0. The molecule has 0 atom stereocenters. The Morgan fingerprint density at radius 3 is 2.52 bits per heavy atom. The van der Waals surface area contributed by atoms with Gasteiger partial charge in [0, 0.05) is 29.9 Å². The van der Waals surface area contributed by atoms with Gasteiger partial charge in [-0.25, -0.2) is 0 Å². The fourth-order valence-corrected chi connectivity index (χ4v) is 2.56. The van der Waals surface area contributed by atoms with Crippen molar-refractivity contribution >= 4 is 23.2 Å². The molecule has 0 unspecified atom stereocenters. The van der Waals surface area contributed by atoms with E-state index in [1.807, 2.05) is 24.3 Å². The Morgan fingerprint density at radius 1 is 1.04 bits per heavy atom. The number of carbonyl (C=O) groups is 2. The number of anilines is 2.